The number of thiocarbonyl (C=S) groups is 1. The van der Waals surface area contributed by atoms with Gasteiger partial charge in [-0.05, 0) is 22.4 Å². The first-order valence-corrected chi connectivity index (χ1v) is 8.37. The molecule has 0 radical (unpaired) electrons. The van der Waals surface area contributed by atoms with Gasteiger partial charge in [-0.3, -0.25) is 4.79 Å². The lowest BCUT2D eigenvalue weighted by Gasteiger charge is -2.05. The minimum atomic E-state index is -0.0679. The van der Waals surface area contributed by atoms with Crippen LogP contribution in [0.15, 0.2) is 72.8 Å². The van der Waals surface area contributed by atoms with Crippen molar-refractivity contribution in [3.63, 3.8) is 0 Å². The van der Waals surface area contributed by atoms with Crippen LogP contribution in [0.1, 0.15) is 15.9 Å². The Morgan fingerprint density at radius 2 is 1.55 bits per heavy atom. The van der Waals surface area contributed by atoms with E-state index in [1.54, 1.807) is 0 Å². The van der Waals surface area contributed by atoms with Crippen molar-refractivity contribution >= 4 is 44.7 Å². The number of hydrogen-bond acceptors (Lipinski definition) is 3. The van der Waals surface area contributed by atoms with Crippen LogP contribution in [-0.2, 0) is 5.75 Å². The summed E-state index contributed by atoms with van der Waals surface area (Å²) in [6.45, 7) is 0. The van der Waals surface area contributed by atoms with Crippen LogP contribution in [0.2, 0.25) is 0 Å². The smallest absolute Gasteiger partial charge is 0.210 e. The van der Waals surface area contributed by atoms with E-state index in [-0.39, 0.29) is 5.78 Å². The van der Waals surface area contributed by atoms with Crippen LogP contribution >= 0.6 is 24.0 Å². The van der Waals surface area contributed by atoms with Gasteiger partial charge in [0, 0.05) is 11.3 Å². The molecule has 3 rings (SSSR count). The van der Waals surface area contributed by atoms with E-state index in [9.17, 15) is 4.79 Å². The van der Waals surface area contributed by atoms with E-state index in [4.69, 9.17) is 12.2 Å². The second-order valence-corrected chi connectivity index (χ2v) is 6.61. The normalized spacial score (nSPS) is 10.5. The summed E-state index contributed by atoms with van der Waals surface area (Å²) >= 11 is 6.71. The van der Waals surface area contributed by atoms with Gasteiger partial charge in [0.25, 0.3) is 0 Å². The highest BCUT2D eigenvalue weighted by Crippen LogP contribution is 2.20. The molecule has 0 heterocycles. The van der Waals surface area contributed by atoms with Crippen molar-refractivity contribution in [2.24, 2.45) is 0 Å². The zero-order valence-electron chi connectivity index (χ0n) is 11.9. The number of Topliss-reactive ketones (excluding diaryl/α,β-unsaturated/α-hetero) is 1. The van der Waals surface area contributed by atoms with Gasteiger partial charge in [-0.1, -0.05) is 78.9 Å². The molecule has 0 bridgehead atoms. The molecule has 0 aliphatic rings. The number of rotatable bonds is 4. The summed E-state index contributed by atoms with van der Waals surface area (Å²) in [4.78, 5) is 12.4. The van der Waals surface area contributed by atoms with E-state index >= 15 is 0 Å². The summed E-state index contributed by atoms with van der Waals surface area (Å²) in [7, 11) is 0. The van der Waals surface area contributed by atoms with Crippen molar-refractivity contribution in [2.75, 3.05) is 0 Å². The Morgan fingerprint density at radius 3 is 2.32 bits per heavy atom. The van der Waals surface area contributed by atoms with Crippen molar-refractivity contribution in [2.45, 2.75) is 5.75 Å². The first-order valence-electron chi connectivity index (χ1n) is 6.98. The van der Waals surface area contributed by atoms with Crippen LogP contribution in [-0.4, -0.2) is 9.98 Å². The number of ketones is 1. The number of hydrogen-bond donors (Lipinski definition) is 0. The van der Waals surface area contributed by atoms with Crippen molar-refractivity contribution in [3.05, 3.63) is 83.9 Å². The highest BCUT2D eigenvalue weighted by molar-refractivity contribution is 8.24. The van der Waals surface area contributed by atoms with E-state index in [2.05, 4.69) is 0 Å². The van der Waals surface area contributed by atoms with E-state index < -0.39 is 0 Å². The molecule has 0 fully saturated rings. The molecule has 0 atom stereocenters. The lowest BCUT2D eigenvalue weighted by Crippen LogP contribution is -2.08. The van der Waals surface area contributed by atoms with Crippen molar-refractivity contribution in [1.29, 1.82) is 0 Å². The van der Waals surface area contributed by atoms with Crippen LogP contribution in [0.5, 0.6) is 0 Å². The van der Waals surface area contributed by atoms with Gasteiger partial charge in [-0.25, -0.2) is 0 Å². The molecule has 0 aliphatic heterocycles. The monoisotopic (exact) mass is 322 g/mol. The van der Waals surface area contributed by atoms with Gasteiger partial charge >= 0.3 is 0 Å². The Bertz CT molecular complexity index is 825. The number of thioether (sulfide) groups is 1. The van der Waals surface area contributed by atoms with E-state index in [0.717, 1.165) is 16.5 Å². The van der Waals surface area contributed by atoms with E-state index in [1.165, 1.54) is 17.3 Å². The quantitative estimate of drug-likeness (QED) is 0.480. The molecule has 0 amide bonds. The molecule has 3 aromatic carbocycles. The van der Waals surface area contributed by atoms with Crippen molar-refractivity contribution < 1.29 is 4.79 Å². The molecule has 108 valence electrons. The summed E-state index contributed by atoms with van der Waals surface area (Å²) < 4.78 is 0.416. The Balaban J connectivity index is 1.73. The summed E-state index contributed by atoms with van der Waals surface area (Å²) in [5, 5.41) is 2.19. The molecule has 0 spiro atoms. The zero-order valence-corrected chi connectivity index (χ0v) is 13.5. The minimum absolute atomic E-state index is 0.0679. The molecule has 0 saturated carbocycles. The van der Waals surface area contributed by atoms with Crippen LogP contribution in [0.3, 0.4) is 0 Å². The number of carbonyl (C=O) groups excluding carboxylic acids is 1. The van der Waals surface area contributed by atoms with Crippen LogP contribution < -0.4 is 0 Å². The predicted molar refractivity (Wildman–Crippen MR) is 98.6 cm³/mol. The molecule has 0 N–H and O–H groups in total. The molecule has 3 aromatic rings. The maximum Gasteiger partial charge on any atom is 0.210 e. The summed E-state index contributed by atoms with van der Waals surface area (Å²) in [6, 6.07) is 23.8. The molecule has 1 nitrogen and oxygen atoms in total. The third-order valence-electron chi connectivity index (χ3n) is 3.41. The second kappa shape index (κ2) is 6.86. The fourth-order valence-electron chi connectivity index (χ4n) is 2.24. The standard InChI is InChI=1S/C19H14OS2/c20-18(19(21)22-13-14-6-2-1-3-7-14)17-11-10-15-8-4-5-9-16(15)12-17/h1-12H,13H2. The summed E-state index contributed by atoms with van der Waals surface area (Å²) in [5.41, 5.74) is 1.82. The van der Waals surface area contributed by atoms with E-state index in [0.29, 0.717) is 9.76 Å². The average molecular weight is 322 g/mol. The maximum atomic E-state index is 12.4. The predicted octanol–water partition coefficient (Wildman–Crippen LogP) is 5.28. The van der Waals surface area contributed by atoms with Crippen LogP contribution in [0.4, 0.5) is 0 Å². The molecule has 0 unspecified atom stereocenters. The van der Waals surface area contributed by atoms with Crippen molar-refractivity contribution in [1.82, 2.24) is 0 Å². The maximum absolute atomic E-state index is 12.4. The minimum Gasteiger partial charge on any atom is -0.287 e. The van der Waals surface area contributed by atoms with Gasteiger partial charge in [0.05, 0.1) is 0 Å². The largest absolute Gasteiger partial charge is 0.287 e. The fourth-order valence-corrected chi connectivity index (χ4v) is 3.27. The van der Waals surface area contributed by atoms with Gasteiger partial charge in [0.1, 0.15) is 4.20 Å². The topological polar surface area (TPSA) is 17.1 Å². The van der Waals surface area contributed by atoms with Crippen LogP contribution in [0, 0.1) is 0 Å². The van der Waals surface area contributed by atoms with E-state index in [1.807, 2.05) is 72.8 Å². The molecule has 3 heteroatoms. The SMILES string of the molecule is O=C(C(=S)SCc1ccccc1)c1ccc2ccccc2c1. The molecule has 22 heavy (non-hydrogen) atoms. The first kappa shape index (κ1) is 14.9. The van der Waals surface area contributed by atoms with Gasteiger partial charge in [-0.2, -0.15) is 0 Å². The molecular weight excluding hydrogens is 308 g/mol. The van der Waals surface area contributed by atoms with Crippen LogP contribution in [0.25, 0.3) is 10.8 Å². The van der Waals surface area contributed by atoms with Gasteiger partial charge < -0.3 is 0 Å². The molecular formula is C19H14OS2. The number of fused-ring (bicyclic) bond motifs is 1. The first-order chi connectivity index (χ1) is 10.7. The second-order valence-electron chi connectivity index (χ2n) is 4.95. The molecule has 0 aliphatic carbocycles. The Labute approximate surface area is 139 Å². The van der Waals surface area contributed by atoms with Crippen molar-refractivity contribution in [3.8, 4) is 0 Å². The number of carbonyl (C=O) groups is 1. The number of benzene rings is 3. The lowest BCUT2D eigenvalue weighted by atomic mass is 10.1. The Hall–Kier alpha value is -1.97. The Morgan fingerprint density at radius 1 is 0.864 bits per heavy atom. The van der Waals surface area contributed by atoms with Gasteiger partial charge in [0.2, 0.25) is 5.78 Å². The molecule has 0 aromatic heterocycles. The summed E-state index contributed by atoms with van der Waals surface area (Å²) in [5.74, 6) is 0.653. The molecule has 0 saturated heterocycles. The highest BCUT2D eigenvalue weighted by Gasteiger charge is 2.13. The van der Waals surface area contributed by atoms with Gasteiger partial charge in [-0.15, -0.1) is 11.8 Å². The summed E-state index contributed by atoms with van der Waals surface area (Å²) in [6.07, 6.45) is 0. The lowest BCUT2D eigenvalue weighted by molar-refractivity contribution is 0.107. The third-order valence-corrected chi connectivity index (χ3v) is 4.87. The third kappa shape index (κ3) is 3.43. The Kier molecular flexibility index (Phi) is 4.66. The average Bonchev–Trinajstić information content (AvgIpc) is 2.59. The highest BCUT2D eigenvalue weighted by atomic mass is 32.2. The fraction of sp³-hybridized carbons (Fsp3) is 0.0526. The van der Waals surface area contributed by atoms with Gasteiger partial charge in [0.15, 0.2) is 0 Å². The zero-order chi connectivity index (χ0) is 15.4.